The van der Waals surface area contributed by atoms with Gasteiger partial charge in [0.1, 0.15) is 4.83 Å². The Morgan fingerprint density at radius 3 is 1.83 bits per heavy atom. The van der Waals surface area contributed by atoms with Crippen molar-refractivity contribution in [2.75, 3.05) is 13.2 Å². The van der Waals surface area contributed by atoms with Crippen LogP contribution in [0.15, 0.2) is 66.3 Å². The summed E-state index contributed by atoms with van der Waals surface area (Å²) in [5.41, 5.74) is 0.952. The predicted molar refractivity (Wildman–Crippen MR) is 187 cm³/mol. The van der Waals surface area contributed by atoms with Gasteiger partial charge in [-0.15, -0.1) is 6.58 Å². The van der Waals surface area contributed by atoms with Gasteiger partial charge < -0.3 is 9.29 Å². The van der Waals surface area contributed by atoms with Crippen LogP contribution in [-0.4, -0.2) is 43.4 Å². The Kier molecular flexibility index (Phi) is 32.7. The third-order valence-corrected chi connectivity index (χ3v) is 7.98. The topological polar surface area (TPSA) is 79.2 Å². The molecule has 0 fully saturated rings. The molecule has 1 rings (SSSR count). The predicted octanol–water partition coefficient (Wildman–Crippen LogP) is 10.4. The molecule has 0 bridgehead atoms. The van der Waals surface area contributed by atoms with Gasteiger partial charge in [-0.2, -0.15) is 5.10 Å². The van der Waals surface area contributed by atoms with Crippen LogP contribution in [0.5, 0.6) is 0 Å². The molecular formula is C34H59BrN2O4S. The molecule has 0 aromatic rings. The molecule has 1 N–H and O–H groups in total. The second-order valence-electron chi connectivity index (χ2n) is 10.2. The molecule has 0 saturated carbocycles. The Hall–Kier alpha value is -1.61. The van der Waals surface area contributed by atoms with E-state index in [9.17, 15) is 9.00 Å². The summed E-state index contributed by atoms with van der Waals surface area (Å²) in [4.78, 5) is 12.0. The number of nitrogens with zero attached hydrogens (tertiary/aromatic N) is 2. The van der Waals surface area contributed by atoms with E-state index >= 15 is 0 Å². The molecule has 6 nitrogen and oxygen atoms in total. The lowest BCUT2D eigenvalue weighted by molar-refractivity contribution is -0.125. The number of rotatable bonds is 23. The van der Waals surface area contributed by atoms with Crippen LogP contribution in [0.4, 0.5) is 0 Å². The molecule has 0 radical (unpaired) electrons. The van der Waals surface area contributed by atoms with E-state index in [2.05, 4.69) is 47.7 Å². The Bertz CT molecular complexity index is 822. The Morgan fingerprint density at radius 1 is 0.952 bits per heavy atom. The van der Waals surface area contributed by atoms with Crippen LogP contribution in [-0.2, 0) is 20.6 Å². The summed E-state index contributed by atoms with van der Waals surface area (Å²) in [6.07, 6.45) is 32.0. The Labute approximate surface area is 268 Å². The van der Waals surface area contributed by atoms with Crippen LogP contribution in [0.2, 0.25) is 0 Å². The highest BCUT2D eigenvalue weighted by molar-refractivity contribution is 9.10. The van der Waals surface area contributed by atoms with Gasteiger partial charge in [0.15, 0.2) is 11.1 Å². The Morgan fingerprint density at radius 2 is 1.43 bits per heavy atom. The summed E-state index contributed by atoms with van der Waals surface area (Å²) in [6, 6.07) is 0. The van der Waals surface area contributed by atoms with Crippen LogP contribution < -0.4 is 0 Å². The zero-order valence-electron chi connectivity index (χ0n) is 26.7. The molecular weight excluding hydrogens is 612 g/mol. The van der Waals surface area contributed by atoms with E-state index in [0.29, 0.717) is 6.61 Å². The van der Waals surface area contributed by atoms with Crippen molar-refractivity contribution in [3.05, 3.63) is 61.2 Å². The van der Waals surface area contributed by atoms with E-state index in [0.717, 1.165) is 18.6 Å². The first kappa shape index (κ1) is 42.5. The van der Waals surface area contributed by atoms with Gasteiger partial charge in [0.05, 0.1) is 23.8 Å². The van der Waals surface area contributed by atoms with Gasteiger partial charge in [-0.05, 0) is 32.8 Å². The zero-order chi connectivity index (χ0) is 31.8. The molecule has 0 aromatic heterocycles. The summed E-state index contributed by atoms with van der Waals surface area (Å²) >= 11 is 1.50. The summed E-state index contributed by atoms with van der Waals surface area (Å²) < 4.78 is 23.4. The van der Waals surface area contributed by atoms with Crippen molar-refractivity contribution in [1.29, 1.82) is 0 Å². The molecule has 42 heavy (non-hydrogen) atoms. The summed E-state index contributed by atoms with van der Waals surface area (Å²) in [7, 11) is 0. The molecule has 1 amide bonds. The fraction of sp³-hybridized carbons (Fsp3) is 0.647. The van der Waals surface area contributed by atoms with E-state index in [1.54, 1.807) is 24.4 Å². The molecule has 242 valence electrons. The fourth-order valence-corrected chi connectivity index (χ4v) is 4.62. The van der Waals surface area contributed by atoms with E-state index in [4.69, 9.17) is 9.29 Å². The average molecular weight is 672 g/mol. The van der Waals surface area contributed by atoms with E-state index < -0.39 is 11.1 Å². The average Bonchev–Trinajstić information content (AvgIpc) is 3.26. The molecule has 2 atom stereocenters. The summed E-state index contributed by atoms with van der Waals surface area (Å²) in [5, 5.41) is 5.83. The maximum atomic E-state index is 12.1. The van der Waals surface area contributed by atoms with Crippen molar-refractivity contribution in [3.8, 4) is 0 Å². The van der Waals surface area contributed by atoms with Crippen LogP contribution in [0.3, 0.4) is 0 Å². The lowest BCUT2D eigenvalue weighted by Crippen LogP contribution is -2.24. The highest BCUT2D eigenvalue weighted by atomic mass is 79.9. The number of hydrogen-bond donors (Lipinski definition) is 1. The summed E-state index contributed by atoms with van der Waals surface area (Å²) in [6.45, 7) is 17.1. The minimum atomic E-state index is -1.97. The first-order chi connectivity index (χ1) is 20.3. The number of alkyl halides is 1. The Balaban J connectivity index is 0. The minimum absolute atomic E-state index is 0.00550. The maximum Gasteiger partial charge on any atom is 0.266 e. The largest absolute Gasteiger partial charge is 0.372 e. The highest BCUT2D eigenvalue weighted by Gasteiger charge is 2.31. The number of carbonyl (C=O) groups is 1. The quantitative estimate of drug-likeness (QED) is 0.0386. The lowest BCUT2D eigenvalue weighted by Gasteiger charge is -2.05. The number of hydrazone groups is 1. The van der Waals surface area contributed by atoms with Crippen molar-refractivity contribution < 1.29 is 18.3 Å². The van der Waals surface area contributed by atoms with Crippen molar-refractivity contribution in [2.24, 2.45) is 5.10 Å². The van der Waals surface area contributed by atoms with E-state index in [1.807, 2.05) is 26.0 Å². The van der Waals surface area contributed by atoms with Crippen molar-refractivity contribution in [2.45, 2.75) is 128 Å². The van der Waals surface area contributed by atoms with Crippen LogP contribution in [0.1, 0.15) is 124 Å². The summed E-state index contributed by atoms with van der Waals surface area (Å²) in [5.74, 6) is -0.00550. The lowest BCUT2D eigenvalue weighted by atomic mass is 10.0. The molecule has 0 aliphatic carbocycles. The van der Waals surface area contributed by atoms with Gasteiger partial charge >= 0.3 is 0 Å². The first-order valence-corrected chi connectivity index (χ1v) is 17.7. The van der Waals surface area contributed by atoms with Gasteiger partial charge in [0.25, 0.3) is 5.91 Å². The molecule has 0 saturated heterocycles. The number of ether oxygens (including phenoxy) is 1. The molecule has 0 spiro atoms. The number of hydrogen-bond acceptors (Lipinski definition) is 4. The standard InChI is InChI=1S/C24H41BrN2O.C6H10O3S.C4H8/c1-3-5-7-8-9-10-11-12-13-14-15-16-17-18-19-20-22-23(25)24(28)27(26-22)21-6-4-2;1-3-4-9-5-6(2)10(7)8;1-3-4-2/h4,6,21,23H,2-3,5,7-20H2,1H3;3H,1-2,4-5H2,(H,7,8);3-4H,1-2H3/b21-6+;;4-3-. The number of carbonyl (C=O) groups excluding carboxylic acids is 1. The SMILES string of the molecule is C/C=C\C.C=C/C=C/N1N=C(CCCCCCCCCCCCCCCCC)C(Br)C1=O.C=CCOCC(=C)S(=O)O. The van der Waals surface area contributed by atoms with Gasteiger partial charge in [0.2, 0.25) is 0 Å². The van der Waals surface area contributed by atoms with Gasteiger partial charge in [0, 0.05) is 6.20 Å². The van der Waals surface area contributed by atoms with Crippen LogP contribution >= 0.6 is 15.9 Å². The molecule has 0 aromatic carbocycles. The third kappa shape index (κ3) is 26.1. The molecule has 1 heterocycles. The molecule has 2 unspecified atom stereocenters. The van der Waals surface area contributed by atoms with Crippen LogP contribution in [0, 0.1) is 0 Å². The third-order valence-electron chi connectivity index (χ3n) is 6.45. The van der Waals surface area contributed by atoms with Gasteiger partial charge in [-0.25, -0.2) is 9.22 Å². The van der Waals surface area contributed by atoms with Crippen molar-refractivity contribution in [3.63, 3.8) is 0 Å². The number of unbranched alkanes of at least 4 members (excludes halogenated alkanes) is 14. The fourth-order valence-electron chi connectivity index (χ4n) is 3.91. The molecule has 1 aliphatic rings. The smallest absolute Gasteiger partial charge is 0.266 e. The maximum absolute atomic E-state index is 12.1. The number of amides is 1. The first-order valence-electron chi connectivity index (χ1n) is 15.7. The normalized spacial score (nSPS) is 15.2. The molecule has 1 aliphatic heterocycles. The second kappa shape index (κ2) is 32.3. The van der Waals surface area contributed by atoms with E-state index in [1.165, 1.54) is 94.9 Å². The monoisotopic (exact) mass is 670 g/mol. The van der Waals surface area contributed by atoms with Crippen LogP contribution in [0.25, 0.3) is 0 Å². The zero-order valence-corrected chi connectivity index (χ0v) is 29.1. The minimum Gasteiger partial charge on any atom is -0.372 e. The second-order valence-corrected chi connectivity index (χ2v) is 12.2. The molecule has 8 heteroatoms. The highest BCUT2D eigenvalue weighted by Crippen LogP contribution is 2.21. The van der Waals surface area contributed by atoms with Gasteiger partial charge in [-0.1, -0.05) is 150 Å². The van der Waals surface area contributed by atoms with Crippen molar-refractivity contribution >= 4 is 38.6 Å². The van der Waals surface area contributed by atoms with Crippen molar-refractivity contribution in [1.82, 2.24) is 5.01 Å². The number of allylic oxidation sites excluding steroid dienone is 4. The van der Waals surface area contributed by atoms with E-state index in [-0.39, 0.29) is 22.2 Å². The van der Waals surface area contributed by atoms with Gasteiger partial charge in [-0.3, -0.25) is 4.79 Å². The number of halogens is 1.